The standard InChI is InChI=1S/C44H24N2O4S/c47-43-30-22-27(15-18-35(30)48-36-19-17-29(23-31(36)43)44-45-32-9-1-4-14-41(32)51-44)25-7-5-8-26(21-25)28-16-20-38-34(24-28)46-33-10-2-3-11-37(33)49-39-12-6-13-40(50-38)42(39)46/h1-24H. The molecule has 0 atom stereocenters. The van der Waals surface area contributed by atoms with Crippen molar-refractivity contribution in [1.29, 1.82) is 0 Å². The minimum absolute atomic E-state index is 0.0626. The molecule has 2 aliphatic heterocycles. The normalized spacial score (nSPS) is 12.7. The number of thiazole rings is 1. The molecule has 0 N–H and O–H groups in total. The molecule has 6 nitrogen and oxygen atoms in total. The zero-order chi connectivity index (χ0) is 33.6. The highest BCUT2D eigenvalue weighted by Crippen LogP contribution is 2.59. The van der Waals surface area contributed by atoms with Crippen molar-refractivity contribution in [2.24, 2.45) is 0 Å². The molecule has 0 spiro atoms. The molecule has 2 aromatic heterocycles. The maximum Gasteiger partial charge on any atom is 0.200 e. The van der Waals surface area contributed by atoms with Gasteiger partial charge in [-0.3, -0.25) is 9.69 Å². The second kappa shape index (κ2) is 10.6. The lowest BCUT2D eigenvalue weighted by atomic mass is 9.97. The molecule has 0 radical (unpaired) electrons. The van der Waals surface area contributed by atoms with Crippen LogP contribution in [0.1, 0.15) is 0 Å². The second-order valence-corrected chi connectivity index (χ2v) is 13.7. The molecular weight excluding hydrogens is 653 g/mol. The van der Waals surface area contributed by atoms with Gasteiger partial charge in [-0.05, 0) is 107 Å². The Morgan fingerprint density at radius 3 is 1.92 bits per heavy atom. The topological polar surface area (TPSA) is 64.8 Å². The number of hydrogen-bond acceptors (Lipinski definition) is 7. The van der Waals surface area contributed by atoms with Crippen LogP contribution >= 0.6 is 11.3 Å². The van der Waals surface area contributed by atoms with E-state index in [1.54, 1.807) is 11.3 Å². The molecule has 9 aromatic rings. The van der Waals surface area contributed by atoms with Crippen LogP contribution in [0.4, 0.5) is 17.1 Å². The molecule has 2 aliphatic rings. The van der Waals surface area contributed by atoms with E-state index in [2.05, 4.69) is 53.4 Å². The number of nitrogens with zero attached hydrogens (tertiary/aromatic N) is 2. The Hall–Kier alpha value is -6.70. The molecule has 0 amide bonds. The highest BCUT2D eigenvalue weighted by Gasteiger charge is 2.34. The molecule has 0 unspecified atom stereocenters. The van der Waals surface area contributed by atoms with Crippen LogP contribution in [0, 0.1) is 0 Å². The summed E-state index contributed by atoms with van der Waals surface area (Å²) >= 11 is 1.62. The second-order valence-electron chi connectivity index (χ2n) is 12.7. The third kappa shape index (κ3) is 4.35. The van der Waals surface area contributed by atoms with E-state index in [-0.39, 0.29) is 5.43 Å². The number of fused-ring (bicyclic) bond motifs is 7. The van der Waals surface area contributed by atoms with Gasteiger partial charge in [0.25, 0.3) is 0 Å². The first-order valence-electron chi connectivity index (χ1n) is 16.6. The third-order valence-electron chi connectivity index (χ3n) is 9.67. The van der Waals surface area contributed by atoms with Crippen molar-refractivity contribution in [3.8, 4) is 55.8 Å². The predicted molar refractivity (Wildman–Crippen MR) is 204 cm³/mol. The number of ether oxygens (including phenoxy) is 2. The van der Waals surface area contributed by atoms with Crippen molar-refractivity contribution < 1.29 is 13.9 Å². The lowest BCUT2D eigenvalue weighted by Gasteiger charge is -2.37. The molecule has 240 valence electrons. The quantitative estimate of drug-likeness (QED) is 0.174. The SMILES string of the molecule is O=c1c2cc(-c3cccc(-c4ccc5c(c4)N4c6ccccc6Oc6cccc(c64)O5)c3)ccc2oc2ccc(-c3nc4ccccc4s3)cc12. The van der Waals surface area contributed by atoms with Crippen molar-refractivity contribution >= 4 is 60.6 Å². The van der Waals surface area contributed by atoms with Crippen LogP contribution in [0.3, 0.4) is 0 Å². The van der Waals surface area contributed by atoms with E-state index in [1.165, 1.54) is 0 Å². The van der Waals surface area contributed by atoms with E-state index in [1.807, 2.05) is 97.1 Å². The number of aromatic nitrogens is 1. The molecule has 4 heterocycles. The highest BCUT2D eigenvalue weighted by atomic mass is 32.1. The first kappa shape index (κ1) is 28.2. The van der Waals surface area contributed by atoms with Crippen molar-refractivity contribution in [2.75, 3.05) is 4.90 Å². The Kier molecular flexibility index (Phi) is 5.88. The molecular formula is C44H24N2O4S. The fraction of sp³-hybridized carbons (Fsp3) is 0. The van der Waals surface area contributed by atoms with E-state index in [9.17, 15) is 4.79 Å². The van der Waals surface area contributed by atoms with Crippen LogP contribution in [0.5, 0.6) is 23.0 Å². The number of para-hydroxylation sites is 4. The summed E-state index contributed by atoms with van der Waals surface area (Å²) in [5, 5.41) is 1.95. The van der Waals surface area contributed by atoms with Gasteiger partial charge in [0.05, 0.1) is 32.4 Å². The van der Waals surface area contributed by atoms with Crippen molar-refractivity contribution in [2.45, 2.75) is 0 Å². The minimum Gasteiger partial charge on any atom is -0.456 e. The molecule has 0 bridgehead atoms. The molecule has 7 aromatic carbocycles. The first-order valence-corrected chi connectivity index (χ1v) is 17.5. The van der Waals surface area contributed by atoms with Gasteiger partial charge in [0, 0.05) is 5.56 Å². The summed E-state index contributed by atoms with van der Waals surface area (Å²) in [6.45, 7) is 0. The largest absolute Gasteiger partial charge is 0.456 e. The Morgan fingerprint density at radius 2 is 1.12 bits per heavy atom. The fourth-order valence-electron chi connectivity index (χ4n) is 7.22. The van der Waals surface area contributed by atoms with E-state index in [0.717, 1.165) is 83.1 Å². The maximum atomic E-state index is 14.0. The lowest BCUT2D eigenvalue weighted by molar-refractivity contribution is 0.446. The van der Waals surface area contributed by atoms with Gasteiger partial charge >= 0.3 is 0 Å². The van der Waals surface area contributed by atoms with Gasteiger partial charge in [-0.2, -0.15) is 0 Å². The van der Waals surface area contributed by atoms with E-state index < -0.39 is 0 Å². The van der Waals surface area contributed by atoms with Crippen LogP contribution in [-0.4, -0.2) is 4.98 Å². The molecule has 51 heavy (non-hydrogen) atoms. The smallest absolute Gasteiger partial charge is 0.200 e. The molecule has 0 saturated heterocycles. The Balaban J connectivity index is 0.990. The van der Waals surface area contributed by atoms with Gasteiger partial charge < -0.3 is 13.9 Å². The monoisotopic (exact) mass is 676 g/mol. The summed E-state index contributed by atoms with van der Waals surface area (Å²) in [7, 11) is 0. The van der Waals surface area contributed by atoms with Gasteiger partial charge in [-0.1, -0.05) is 60.7 Å². The average Bonchev–Trinajstić information content (AvgIpc) is 3.62. The molecule has 7 heteroatoms. The van der Waals surface area contributed by atoms with E-state index >= 15 is 0 Å². The molecule has 0 aliphatic carbocycles. The van der Waals surface area contributed by atoms with Gasteiger partial charge in [0.2, 0.25) is 5.43 Å². The fourth-order valence-corrected chi connectivity index (χ4v) is 8.19. The first-order chi connectivity index (χ1) is 25.1. The predicted octanol–water partition coefficient (Wildman–Crippen LogP) is 12.2. The molecule has 11 rings (SSSR count). The maximum absolute atomic E-state index is 14.0. The van der Waals surface area contributed by atoms with E-state index in [4.69, 9.17) is 18.9 Å². The summed E-state index contributed by atoms with van der Waals surface area (Å²) in [6, 6.07) is 48.3. The van der Waals surface area contributed by atoms with Crippen LogP contribution in [0.25, 0.3) is 65.0 Å². The van der Waals surface area contributed by atoms with Crippen molar-refractivity contribution in [1.82, 2.24) is 4.98 Å². The summed E-state index contributed by atoms with van der Waals surface area (Å²) in [5.41, 5.74) is 9.70. The van der Waals surface area contributed by atoms with Crippen LogP contribution in [0.2, 0.25) is 0 Å². The van der Waals surface area contributed by atoms with Crippen LogP contribution in [-0.2, 0) is 0 Å². The summed E-state index contributed by atoms with van der Waals surface area (Å²) in [6.07, 6.45) is 0. The average molecular weight is 677 g/mol. The summed E-state index contributed by atoms with van der Waals surface area (Å²) < 4.78 is 20.0. The zero-order valence-corrected chi connectivity index (χ0v) is 27.6. The Morgan fingerprint density at radius 1 is 0.510 bits per heavy atom. The van der Waals surface area contributed by atoms with Gasteiger partial charge in [-0.25, -0.2) is 4.98 Å². The lowest BCUT2D eigenvalue weighted by Crippen LogP contribution is -2.20. The molecule has 0 saturated carbocycles. The number of anilines is 3. The third-order valence-corrected chi connectivity index (χ3v) is 10.8. The van der Waals surface area contributed by atoms with Gasteiger partial charge in [-0.15, -0.1) is 11.3 Å². The number of benzene rings is 7. The summed E-state index contributed by atoms with van der Waals surface area (Å²) in [4.78, 5) is 21.0. The Bertz CT molecular complexity index is 2930. The highest BCUT2D eigenvalue weighted by molar-refractivity contribution is 7.21. The number of hydrogen-bond donors (Lipinski definition) is 0. The van der Waals surface area contributed by atoms with Crippen molar-refractivity contribution in [3.63, 3.8) is 0 Å². The van der Waals surface area contributed by atoms with E-state index in [0.29, 0.717) is 21.9 Å². The number of rotatable bonds is 3. The Labute approximate surface area is 295 Å². The van der Waals surface area contributed by atoms with Crippen LogP contribution < -0.4 is 19.8 Å². The zero-order valence-electron chi connectivity index (χ0n) is 26.8. The molecule has 0 fully saturated rings. The van der Waals surface area contributed by atoms with Crippen LogP contribution in [0.15, 0.2) is 155 Å². The van der Waals surface area contributed by atoms with Gasteiger partial charge in [0.15, 0.2) is 23.0 Å². The summed E-state index contributed by atoms with van der Waals surface area (Å²) in [5.74, 6) is 3.08. The minimum atomic E-state index is -0.0626. The van der Waals surface area contributed by atoms with Crippen molar-refractivity contribution in [3.05, 3.63) is 156 Å². The van der Waals surface area contributed by atoms with Gasteiger partial charge in [0.1, 0.15) is 21.9 Å².